The molecule has 0 spiro atoms. The molecule has 0 bridgehead atoms. The van der Waals surface area contributed by atoms with E-state index in [-0.39, 0.29) is 18.4 Å². The summed E-state index contributed by atoms with van der Waals surface area (Å²) >= 11 is 0. The first kappa shape index (κ1) is 12.6. The van der Waals surface area contributed by atoms with Crippen molar-refractivity contribution in [1.29, 1.82) is 0 Å². The van der Waals surface area contributed by atoms with Gasteiger partial charge in [0.1, 0.15) is 11.6 Å². The van der Waals surface area contributed by atoms with Crippen molar-refractivity contribution >= 4 is 5.97 Å². The van der Waals surface area contributed by atoms with Crippen molar-refractivity contribution in [3.63, 3.8) is 0 Å². The molecule has 88 valence electrons. The van der Waals surface area contributed by atoms with E-state index in [1.165, 1.54) is 7.11 Å². The van der Waals surface area contributed by atoms with Crippen LogP contribution in [0.25, 0.3) is 0 Å². The Balaban J connectivity index is 2.65. The molecule has 16 heavy (non-hydrogen) atoms. The Hall–Kier alpha value is -1.49. The lowest BCUT2D eigenvalue weighted by atomic mass is 10.0. The van der Waals surface area contributed by atoms with Crippen molar-refractivity contribution in [3.8, 4) is 0 Å². The largest absolute Gasteiger partial charge is 0.469 e. The van der Waals surface area contributed by atoms with Crippen LogP contribution in [0.4, 0.5) is 8.78 Å². The van der Waals surface area contributed by atoms with E-state index in [0.29, 0.717) is 0 Å². The average molecular weight is 230 g/mol. The first-order valence-electron chi connectivity index (χ1n) is 4.74. The van der Waals surface area contributed by atoms with Gasteiger partial charge in [-0.1, -0.05) is 0 Å². The zero-order valence-corrected chi connectivity index (χ0v) is 8.74. The van der Waals surface area contributed by atoms with Crippen molar-refractivity contribution in [2.24, 2.45) is 0 Å². The molecule has 0 heterocycles. The second kappa shape index (κ2) is 5.55. The third kappa shape index (κ3) is 3.58. The number of aliphatic hydroxyl groups excluding tert-OH is 1. The number of halogens is 2. The molecule has 0 saturated heterocycles. The van der Waals surface area contributed by atoms with Gasteiger partial charge >= 0.3 is 5.97 Å². The molecule has 0 aliphatic heterocycles. The summed E-state index contributed by atoms with van der Waals surface area (Å²) in [6, 6.07) is 2.78. The first-order valence-corrected chi connectivity index (χ1v) is 4.74. The molecule has 1 unspecified atom stereocenters. The lowest BCUT2D eigenvalue weighted by Crippen LogP contribution is -2.05. The van der Waals surface area contributed by atoms with Gasteiger partial charge in [-0.2, -0.15) is 0 Å². The van der Waals surface area contributed by atoms with Gasteiger partial charge in [-0.05, 0) is 24.1 Å². The number of hydrogen-bond acceptors (Lipinski definition) is 3. The van der Waals surface area contributed by atoms with E-state index < -0.39 is 23.7 Å². The topological polar surface area (TPSA) is 46.5 Å². The van der Waals surface area contributed by atoms with Crippen molar-refractivity contribution in [3.05, 3.63) is 35.4 Å². The minimum absolute atomic E-state index is 0.00417. The summed E-state index contributed by atoms with van der Waals surface area (Å²) in [5.41, 5.74) is 0.112. The second-order valence-electron chi connectivity index (χ2n) is 3.33. The Morgan fingerprint density at radius 3 is 2.44 bits per heavy atom. The van der Waals surface area contributed by atoms with E-state index in [9.17, 15) is 18.7 Å². The highest BCUT2D eigenvalue weighted by molar-refractivity contribution is 5.69. The van der Waals surface area contributed by atoms with Crippen LogP contribution in [0, 0.1) is 11.6 Å². The summed E-state index contributed by atoms with van der Waals surface area (Å²) in [4.78, 5) is 10.8. The van der Waals surface area contributed by atoms with E-state index in [2.05, 4.69) is 4.74 Å². The van der Waals surface area contributed by atoms with Gasteiger partial charge in [0.15, 0.2) is 0 Å². The van der Waals surface area contributed by atoms with E-state index in [4.69, 9.17) is 0 Å². The first-order chi connectivity index (χ1) is 7.52. The Bertz CT molecular complexity index is 359. The van der Waals surface area contributed by atoms with E-state index in [1.807, 2.05) is 0 Å². The highest BCUT2D eigenvalue weighted by Crippen LogP contribution is 2.20. The van der Waals surface area contributed by atoms with E-state index in [0.717, 1.165) is 18.2 Å². The Labute approximate surface area is 91.7 Å². The number of methoxy groups -OCH3 is 1. The maximum atomic E-state index is 12.8. The molecule has 0 saturated carbocycles. The predicted octanol–water partition coefficient (Wildman–Crippen LogP) is 1.95. The second-order valence-corrected chi connectivity index (χ2v) is 3.33. The highest BCUT2D eigenvalue weighted by atomic mass is 19.1. The third-order valence-corrected chi connectivity index (χ3v) is 2.12. The number of ether oxygens (including phenoxy) is 1. The molecule has 5 heteroatoms. The molecule has 0 radical (unpaired) electrons. The lowest BCUT2D eigenvalue weighted by molar-refractivity contribution is -0.141. The van der Waals surface area contributed by atoms with Crippen LogP contribution in [-0.4, -0.2) is 18.2 Å². The molecule has 0 aliphatic carbocycles. The molecule has 0 aromatic heterocycles. The zero-order chi connectivity index (χ0) is 12.1. The standard InChI is InChI=1S/C11H12F2O3/c1-16-11(15)3-2-10(14)7-4-8(12)6-9(13)5-7/h4-6,10,14H,2-3H2,1H3. The van der Waals surface area contributed by atoms with Gasteiger partial charge in [0.2, 0.25) is 0 Å². The molecular weight excluding hydrogens is 218 g/mol. The van der Waals surface area contributed by atoms with Gasteiger partial charge in [-0.15, -0.1) is 0 Å². The quantitative estimate of drug-likeness (QED) is 0.804. The van der Waals surface area contributed by atoms with Gasteiger partial charge in [0.25, 0.3) is 0 Å². The fourth-order valence-corrected chi connectivity index (χ4v) is 1.29. The fraction of sp³-hybridized carbons (Fsp3) is 0.364. The van der Waals surface area contributed by atoms with Gasteiger partial charge in [-0.25, -0.2) is 8.78 Å². The van der Waals surface area contributed by atoms with Gasteiger partial charge < -0.3 is 9.84 Å². The smallest absolute Gasteiger partial charge is 0.305 e. The normalized spacial score (nSPS) is 12.2. The van der Waals surface area contributed by atoms with Crippen LogP contribution in [0.15, 0.2) is 18.2 Å². The van der Waals surface area contributed by atoms with Crippen LogP contribution in [0.1, 0.15) is 24.5 Å². The Morgan fingerprint density at radius 1 is 1.38 bits per heavy atom. The number of hydrogen-bond donors (Lipinski definition) is 1. The number of carbonyl (C=O) groups excluding carboxylic acids is 1. The van der Waals surface area contributed by atoms with Crippen LogP contribution < -0.4 is 0 Å². The van der Waals surface area contributed by atoms with Crippen LogP contribution in [0.2, 0.25) is 0 Å². The molecule has 0 aliphatic rings. The molecule has 3 nitrogen and oxygen atoms in total. The highest BCUT2D eigenvalue weighted by Gasteiger charge is 2.12. The number of esters is 1. The summed E-state index contributed by atoms with van der Waals surface area (Å²) in [5, 5.41) is 9.57. The summed E-state index contributed by atoms with van der Waals surface area (Å²) in [7, 11) is 1.23. The van der Waals surface area contributed by atoms with Crippen LogP contribution in [-0.2, 0) is 9.53 Å². The molecule has 1 N–H and O–H groups in total. The van der Waals surface area contributed by atoms with E-state index in [1.54, 1.807) is 0 Å². The van der Waals surface area contributed by atoms with Crippen molar-refractivity contribution < 1.29 is 23.4 Å². The fourth-order valence-electron chi connectivity index (χ4n) is 1.29. The van der Waals surface area contributed by atoms with Crippen molar-refractivity contribution in [2.75, 3.05) is 7.11 Å². The van der Waals surface area contributed by atoms with Crippen molar-refractivity contribution in [2.45, 2.75) is 18.9 Å². The summed E-state index contributed by atoms with van der Waals surface area (Å²) < 4.78 is 30.0. The molecule has 1 aromatic rings. The maximum absolute atomic E-state index is 12.8. The summed E-state index contributed by atoms with van der Waals surface area (Å²) in [6.45, 7) is 0. The van der Waals surface area contributed by atoms with Crippen LogP contribution in [0.3, 0.4) is 0 Å². The number of benzene rings is 1. The lowest BCUT2D eigenvalue weighted by Gasteiger charge is -2.10. The minimum Gasteiger partial charge on any atom is -0.469 e. The molecule has 1 atom stereocenters. The van der Waals surface area contributed by atoms with Crippen molar-refractivity contribution in [1.82, 2.24) is 0 Å². The number of rotatable bonds is 4. The predicted molar refractivity (Wildman–Crippen MR) is 52.6 cm³/mol. The SMILES string of the molecule is COC(=O)CCC(O)c1cc(F)cc(F)c1. The molecule has 1 rings (SSSR count). The minimum atomic E-state index is -1.08. The van der Waals surface area contributed by atoms with Gasteiger partial charge in [-0.3, -0.25) is 4.79 Å². The molecule has 1 aromatic carbocycles. The van der Waals surface area contributed by atoms with Gasteiger partial charge in [0.05, 0.1) is 13.2 Å². The molecule has 0 amide bonds. The maximum Gasteiger partial charge on any atom is 0.305 e. The van der Waals surface area contributed by atoms with Gasteiger partial charge in [0, 0.05) is 12.5 Å². The van der Waals surface area contributed by atoms with E-state index >= 15 is 0 Å². The number of carbonyl (C=O) groups is 1. The molecular formula is C11H12F2O3. The number of aliphatic hydroxyl groups is 1. The Kier molecular flexibility index (Phi) is 4.37. The third-order valence-electron chi connectivity index (χ3n) is 2.12. The molecule has 0 fully saturated rings. The van der Waals surface area contributed by atoms with Crippen LogP contribution in [0.5, 0.6) is 0 Å². The summed E-state index contributed by atoms with van der Waals surface area (Å²) in [6.07, 6.45) is -1.02. The monoisotopic (exact) mass is 230 g/mol. The van der Waals surface area contributed by atoms with Crippen LogP contribution >= 0.6 is 0 Å². The zero-order valence-electron chi connectivity index (χ0n) is 8.74. The Morgan fingerprint density at radius 2 is 1.94 bits per heavy atom. The summed E-state index contributed by atoms with van der Waals surface area (Å²) in [5.74, 6) is -1.99. The average Bonchev–Trinajstić information content (AvgIpc) is 2.23.